The van der Waals surface area contributed by atoms with Gasteiger partial charge in [-0.05, 0) is 28.1 Å². The van der Waals surface area contributed by atoms with Crippen LogP contribution in [0.15, 0.2) is 39.9 Å². The number of hydrogen-bond donors (Lipinski definition) is 2. The van der Waals surface area contributed by atoms with Crippen LogP contribution in [0.2, 0.25) is 0 Å². The minimum atomic E-state index is -0.214. The second-order valence-corrected chi connectivity index (χ2v) is 4.30. The van der Waals surface area contributed by atoms with Crippen molar-refractivity contribution in [3.8, 4) is 5.69 Å². The number of nitrogens with one attached hydrogen (secondary N) is 2. The Kier molecular flexibility index (Phi) is 1.97. The van der Waals surface area contributed by atoms with Crippen LogP contribution in [-0.4, -0.2) is 19.7 Å². The standard InChI is InChI=1S/C10H7BrN4O/c11-6-4-12-15(5-6)8-3-1-2-7-9(8)14-10(16)13-7/h1-5H,(H2,13,14,16). The van der Waals surface area contributed by atoms with Gasteiger partial charge in [-0.2, -0.15) is 5.10 Å². The van der Waals surface area contributed by atoms with Gasteiger partial charge in [-0.15, -0.1) is 0 Å². The minimum absolute atomic E-state index is 0.214. The van der Waals surface area contributed by atoms with Gasteiger partial charge in [0.1, 0.15) is 0 Å². The zero-order valence-electron chi connectivity index (χ0n) is 8.07. The number of aromatic amines is 2. The van der Waals surface area contributed by atoms with E-state index in [9.17, 15) is 4.79 Å². The van der Waals surface area contributed by atoms with E-state index in [1.165, 1.54) is 0 Å². The average Bonchev–Trinajstić information content (AvgIpc) is 2.82. The molecule has 0 radical (unpaired) electrons. The predicted octanol–water partition coefficient (Wildman–Crippen LogP) is 1.80. The Bertz CT molecular complexity index is 709. The summed E-state index contributed by atoms with van der Waals surface area (Å²) in [5.74, 6) is 0. The molecule has 0 atom stereocenters. The minimum Gasteiger partial charge on any atom is -0.306 e. The highest BCUT2D eigenvalue weighted by molar-refractivity contribution is 9.10. The third-order valence-electron chi connectivity index (χ3n) is 2.33. The lowest BCUT2D eigenvalue weighted by molar-refractivity contribution is 0.885. The fourth-order valence-electron chi connectivity index (χ4n) is 1.67. The van der Waals surface area contributed by atoms with Gasteiger partial charge in [0.2, 0.25) is 0 Å². The van der Waals surface area contributed by atoms with Crippen molar-refractivity contribution in [3.63, 3.8) is 0 Å². The molecule has 3 aromatic rings. The molecule has 0 aliphatic heterocycles. The first-order valence-corrected chi connectivity index (χ1v) is 5.45. The second kappa shape index (κ2) is 3.34. The van der Waals surface area contributed by atoms with Crippen LogP contribution < -0.4 is 5.69 Å². The van der Waals surface area contributed by atoms with E-state index in [2.05, 4.69) is 31.0 Å². The molecule has 0 fully saturated rings. The van der Waals surface area contributed by atoms with E-state index in [4.69, 9.17) is 0 Å². The Hall–Kier alpha value is -1.82. The van der Waals surface area contributed by atoms with Gasteiger partial charge in [0.05, 0.1) is 27.4 Å². The highest BCUT2D eigenvalue weighted by Crippen LogP contribution is 2.18. The maximum absolute atomic E-state index is 11.2. The number of halogens is 1. The smallest absolute Gasteiger partial charge is 0.306 e. The SMILES string of the molecule is O=c1[nH]c2cccc(-n3cc(Br)cn3)c2[nH]1. The first kappa shape index (κ1) is 9.41. The topological polar surface area (TPSA) is 66.5 Å². The number of imidazole rings is 1. The van der Waals surface area contributed by atoms with Gasteiger partial charge in [-0.3, -0.25) is 0 Å². The summed E-state index contributed by atoms with van der Waals surface area (Å²) in [6.07, 6.45) is 3.53. The van der Waals surface area contributed by atoms with E-state index in [-0.39, 0.29) is 5.69 Å². The van der Waals surface area contributed by atoms with E-state index in [1.54, 1.807) is 10.9 Å². The van der Waals surface area contributed by atoms with Crippen LogP contribution >= 0.6 is 15.9 Å². The molecule has 5 nitrogen and oxygen atoms in total. The maximum Gasteiger partial charge on any atom is 0.323 e. The van der Waals surface area contributed by atoms with Crippen molar-refractivity contribution >= 4 is 27.0 Å². The van der Waals surface area contributed by atoms with Crippen molar-refractivity contribution < 1.29 is 0 Å². The molecule has 0 unspecified atom stereocenters. The lowest BCUT2D eigenvalue weighted by Crippen LogP contribution is -2.00. The Labute approximate surface area is 98.2 Å². The second-order valence-electron chi connectivity index (χ2n) is 3.38. The van der Waals surface area contributed by atoms with Crippen LogP contribution in [0.5, 0.6) is 0 Å². The van der Waals surface area contributed by atoms with E-state index in [0.717, 1.165) is 21.2 Å². The molecule has 0 bridgehead atoms. The van der Waals surface area contributed by atoms with Crippen molar-refractivity contribution in [2.24, 2.45) is 0 Å². The third kappa shape index (κ3) is 1.38. The summed E-state index contributed by atoms with van der Waals surface area (Å²) < 4.78 is 2.60. The van der Waals surface area contributed by atoms with Crippen molar-refractivity contribution in [3.05, 3.63) is 45.5 Å². The molecule has 16 heavy (non-hydrogen) atoms. The molecule has 2 aromatic heterocycles. The molecule has 2 heterocycles. The predicted molar refractivity (Wildman–Crippen MR) is 63.7 cm³/mol. The lowest BCUT2D eigenvalue weighted by Gasteiger charge is -2.01. The van der Waals surface area contributed by atoms with Crippen molar-refractivity contribution in [1.82, 2.24) is 19.7 Å². The van der Waals surface area contributed by atoms with E-state index < -0.39 is 0 Å². The summed E-state index contributed by atoms with van der Waals surface area (Å²) in [5.41, 5.74) is 2.15. The van der Waals surface area contributed by atoms with Crippen LogP contribution in [0.3, 0.4) is 0 Å². The number of benzene rings is 1. The first-order valence-electron chi connectivity index (χ1n) is 4.65. The van der Waals surface area contributed by atoms with Crippen molar-refractivity contribution in [2.45, 2.75) is 0 Å². The fourth-order valence-corrected chi connectivity index (χ4v) is 1.95. The van der Waals surface area contributed by atoms with Gasteiger partial charge in [0, 0.05) is 6.20 Å². The number of hydrogen-bond acceptors (Lipinski definition) is 2. The molecule has 0 saturated carbocycles. The molecule has 6 heteroatoms. The van der Waals surface area contributed by atoms with Crippen LogP contribution in [0.4, 0.5) is 0 Å². The molecule has 0 aliphatic carbocycles. The van der Waals surface area contributed by atoms with E-state index in [1.807, 2.05) is 24.4 Å². The highest BCUT2D eigenvalue weighted by Gasteiger charge is 2.06. The van der Waals surface area contributed by atoms with Crippen LogP contribution in [-0.2, 0) is 0 Å². The summed E-state index contributed by atoms with van der Waals surface area (Å²) in [6, 6.07) is 5.61. The summed E-state index contributed by atoms with van der Waals surface area (Å²) in [6.45, 7) is 0. The molecule has 2 N–H and O–H groups in total. The number of nitrogens with zero attached hydrogens (tertiary/aromatic N) is 2. The summed E-state index contributed by atoms with van der Waals surface area (Å²) >= 11 is 3.34. The Morgan fingerprint density at radius 3 is 2.94 bits per heavy atom. The summed E-state index contributed by atoms with van der Waals surface area (Å²) in [4.78, 5) is 16.7. The Morgan fingerprint density at radius 1 is 1.31 bits per heavy atom. The summed E-state index contributed by atoms with van der Waals surface area (Å²) in [5, 5.41) is 4.18. The quantitative estimate of drug-likeness (QED) is 0.713. The lowest BCUT2D eigenvalue weighted by atomic mass is 10.3. The first-order chi connectivity index (χ1) is 7.74. The third-order valence-corrected chi connectivity index (χ3v) is 2.74. The number of aromatic nitrogens is 4. The molecule has 80 valence electrons. The van der Waals surface area contributed by atoms with Crippen LogP contribution in [0, 0.1) is 0 Å². The monoisotopic (exact) mass is 278 g/mol. The molecule has 3 rings (SSSR count). The fraction of sp³-hybridized carbons (Fsp3) is 0. The molecule has 0 amide bonds. The van der Waals surface area contributed by atoms with Crippen molar-refractivity contribution in [2.75, 3.05) is 0 Å². The number of fused-ring (bicyclic) bond motifs is 1. The molecular weight excluding hydrogens is 272 g/mol. The van der Waals surface area contributed by atoms with Gasteiger partial charge in [-0.25, -0.2) is 9.48 Å². The largest absolute Gasteiger partial charge is 0.323 e. The summed E-state index contributed by atoms with van der Waals surface area (Å²) in [7, 11) is 0. The number of rotatable bonds is 1. The van der Waals surface area contributed by atoms with E-state index >= 15 is 0 Å². The normalized spacial score (nSPS) is 11.1. The Morgan fingerprint density at radius 2 is 2.19 bits per heavy atom. The van der Waals surface area contributed by atoms with Crippen LogP contribution in [0.25, 0.3) is 16.7 Å². The number of para-hydroxylation sites is 1. The van der Waals surface area contributed by atoms with E-state index in [0.29, 0.717) is 0 Å². The highest BCUT2D eigenvalue weighted by atomic mass is 79.9. The molecular formula is C10H7BrN4O. The Balaban J connectivity index is 2.34. The van der Waals surface area contributed by atoms with Gasteiger partial charge >= 0.3 is 5.69 Å². The molecule has 0 aliphatic rings. The molecule has 1 aromatic carbocycles. The van der Waals surface area contributed by atoms with Crippen LogP contribution in [0.1, 0.15) is 0 Å². The zero-order valence-corrected chi connectivity index (χ0v) is 9.65. The van der Waals surface area contributed by atoms with Gasteiger partial charge in [-0.1, -0.05) is 6.07 Å². The van der Waals surface area contributed by atoms with Gasteiger partial charge in [0.15, 0.2) is 0 Å². The maximum atomic E-state index is 11.2. The van der Waals surface area contributed by atoms with Gasteiger partial charge < -0.3 is 9.97 Å². The zero-order chi connectivity index (χ0) is 11.1. The molecule has 0 saturated heterocycles. The molecule has 0 spiro atoms. The van der Waals surface area contributed by atoms with Gasteiger partial charge in [0.25, 0.3) is 0 Å². The number of H-pyrrole nitrogens is 2. The van der Waals surface area contributed by atoms with Crippen molar-refractivity contribution in [1.29, 1.82) is 0 Å². The average molecular weight is 279 g/mol.